The zero-order chi connectivity index (χ0) is 19.5. The minimum Gasteiger partial charge on any atom is -0.497 e. The molecule has 0 aliphatic rings. The predicted molar refractivity (Wildman–Crippen MR) is 118 cm³/mol. The van der Waals surface area contributed by atoms with Gasteiger partial charge in [-0.1, -0.05) is 6.07 Å². The number of benzene rings is 1. The van der Waals surface area contributed by atoms with Crippen LogP contribution >= 0.6 is 24.0 Å². The third-order valence-corrected chi connectivity index (χ3v) is 3.62. The van der Waals surface area contributed by atoms with Crippen LogP contribution in [0, 0.1) is 0 Å². The summed E-state index contributed by atoms with van der Waals surface area (Å²) in [5.41, 5.74) is 0. The lowest BCUT2D eigenvalue weighted by Gasteiger charge is -2.18. The van der Waals surface area contributed by atoms with E-state index in [1.807, 2.05) is 31.2 Å². The Labute approximate surface area is 182 Å². The molecule has 2 aromatic rings. The number of rotatable bonds is 9. The molecule has 1 amide bonds. The summed E-state index contributed by atoms with van der Waals surface area (Å²) >= 11 is 0. The normalized spacial score (nSPS) is 11.8. The van der Waals surface area contributed by atoms with Crippen molar-refractivity contribution in [2.24, 2.45) is 4.99 Å². The average molecular weight is 502 g/mol. The molecule has 1 aromatic carbocycles. The molecule has 28 heavy (non-hydrogen) atoms. The molecule has 0 radical (unpaired) electrons. The highest BCUT2D eigenvalue weighted by Crippen LogP contribution is 2.19. The quantitative estimate of drug-likeness (QED) is 0.276. The summed E-state index contributed by atoms with van der Waals surface area (Å²) in [4.78, 5) is 16.0. The van der Waals surface area contributed by atoms with Gasteiger partial charge in [0.05, 0.1) is 33.0 Å². The molecule has 3 N–H and O–H groups in total. The van der Waals surface area contributed by atoms with Gasteiger partial charge in [-0.3, -0.25) is 9.79 Å². The maximum Gasteiger partial charge on any atom is 0.239 e. The van der Waals surface area contributed by atoms with Crippen molar-refractivity contribution in [3.8, 4) is 11.5 Å². The van der Waals surface area contributed by atoms with Crippen LogP contribution < -0.4 is 25.4 Å². The number of ether oxygens (including phenoxy) is 2. The van der Waals surface area contributed by atoms with Gasteiger partial charge in [0.25, 0.3) is 0 Å². The summed E-state index contributed by atoms with van der Waals surface area (Å²) in [5.74, 6) is 2.53. The van der Waals surface area contributed by atoms with Gasteiger partial charge in [-0.15, -0.1) is 24.0 Å². The molecule has 1 unspecified atom stereocenters. The number of aliphatic imine (C=N–C) groups is 1. The van der Waals surface area contributed by atoms with Gasteiger partial charge in [0.2, 0.25) is 5.91 Å². The molecule has 8 nitrogen and oxygen atoms in total. The van der Waals surface area contributed by atoms with Crippen molar-refractivity contribution in [2.45, 2.75) is 19.6 Å². The predicted octanol–water partition coefficient (Wildman–Crippen LogP) is 2.15. The van der Waals surface area contributed by atoms with Crippen LogP contribution in [0.1, 0.15) is 12.7 Å². The lowest BCUT2D eigenvalue weighted by molar-refractivity contribution is -0.120. The standard InChI is InChI=1S/C19H26N4O4.HI/c1-14(27-16-7-4-6-15(10-16)25-3)11-22-19(20-2)23-13-18(24)21-12-17-8-5-9-26-17;/h4-10,14H,11-13H2,1-3H3,(H,21,24)(H2,20,22,23);1H. The Morgan fingerprint density at radius 2 is 1.96 bits per heavy atom. The number of guanidine groups is 1. The fraction of sp³-hybridized carbons (Fsp3) is 0.368. The maximum atomic E-state index is 11.9. The number of furan rings is 1. The van der Waals surface area contributed by atoms with Crippen LogP contribution in [0.3, 0.4) is 0 Å². The molecule has 0 saturated heterocycles. The van der Waals surface area contributed by atoms with Crippen LogP contribution in [0.5, 0.6) is 11.5 Å². The fourth-order valence-corrected chi connectivity index (χ4v) is 2.23. The molecule has 154 valence electrons. The van der Waals surface area contributed by atoms with E-state index in [4.69, 9.17) is 13.9 Å². The van der Waals surface area contributed by atoms with Crippen LogP contribution in [0.25, 0.3) is 0 Å². The fourth-order valence-electron chi connectivity index (χ4n) is 2.23. The zero-order valence-electron chi connectivity index (χ0n) is 16.2. The van der Waals surface area contributed by atoms with Gasteiger partial charge >= 0.3 is 0 Å². The number of halogens is 1. The lowest BCUT2D eigenvalue weighted by Crippen LogP contribution is -2.45. The van der Waals surface area contributed by atoms with Crippen LogP contribution in [0.15, 0.2) is 52.1 Å². The van der Waals surface area contributed by atoms with Gasteiger partial charge in [0.1, 0.15) is 23.4 Å². The van der Waals surface area contributed by atoms with Crippen molar-refractivity contribution in [3.63, 3.8) is 0 Å². The van der Waals surface area contributed by atoms with Gasteiger partial charge in [-0.25, -0.2) is 0 Å². The molecule has 1 atom stereocenters. The SMILES string of the molecule is CN=C(NCC(=O)NCc1ccco1)NCC(C)Oc1cccc(OC)c1.I. The number of hydrogen-bond acceptors (Lipinski definition) is 5. The minimum absolute atomic E-state index is 0. The molecule has 1 aromatic heterocycles. The summed E-state index contributed by atoms with van der Waals surface area (Å²) in [5, 5.41) is 8.84. The first kappa shape index (κ1) is 23.6. The van der Waals surface area contributed by atoms with Gasteiger partial charge in [-0.2, -0.15) is 0 Å². The van der Waals surface area contributed by atoms with E-state index in [0.717, 1.165) is 11.5 Å². The van der Waals surface area contributed by atoms with Crippen molar-refractivity contribution in [1.29, 1.82) is 0 Å². The Balaban J connectivity index is 0.00000392. The Morgan fingerprint density at radius 3 is 2.64 bits per heavy atom. The molecule has 0 aliphatic heterocycles. The number of carbonyl (C=O) groups excluding carboxylic acids is 1. The third-order valence-electron chi connectivity index (χ3n) is 3.62. The maximum absolute atomic E-state index is 11.9. The van der Waals surface area contributed by atoms with E-state index in [1.54, 1.807) is 32.6 Å². The molecule has 9 heteroatoms. The van der Waals surface area contributed by atoms with Crippen molar-refractivity contribution in [1.82, 2.24) is 16.0 Å². The summed E-state index contributed by atoms with van der Waals surface area (Å²) in [6.45, 7) is 2.91. The molecule has 0 spiro atoms. The number of hydrogen-bond donors (Lipinski definition) is 3. The Kier molecular flexibility index (Phi) is 10.8. The highest BCUT2D eigenvalue weighted by molar-refractivity contribution is 14.0. The van der Waals surface area contributed by atoms with Gasteiger partial charge in [-0.05, 0) is 31.2 Å². The Morgan fingerprint density at radius 1 is 1.18 bits per heavy atom. The number of nitrogens with zero attached hydrogens (tertiary/aromatic N) is 1. The van der Waals surface area contributed by atoms with E-state index in [0.29, 0.717) is 24.8 Å². The summed E-state index contributed by atoms with van der Waals surface area (Å²) in [6.07, 6.45) is 1.46. The molecule has 0 bridgehead atoms. The second-order valence-electron chi connectivity index (χ2n) is 5.77. The Bertz CT molecular complexity index is 737. The van der Waals surface area contributed by atoms with Crippen molar-refractivity contribution in [2.75, 3.05) is 27.2 Å². The highest BCUT2D eigenvalue weighted by Gasteiger charge is 2.08. The average Bonchev–Trinajstić information content (AvgIpc) is 3.20. The van der Waals surface area contributed by atoms with E-state index < -0.39 is 0 Å². The van der Waals surface area contributed by atoms with E-state index in [9.17, 15) is 4.79 Å². The van der Waals surface area contributed by atoms with Crippen LogP contribution in [0.2, 0.25) is 0 Å². The molecule has 0 aliphatic carbocycles. The third kappa shape index (κ3) is 8.51. The largest absolute Gasteiger partial charge is 0.497 e. The second-order valence-corrected chi connectivity index (χ2v) is 5.77. The molecule has 1 heterocycles. The summed E-state index contributed by atoms with van der Waals surface area (Å²) < 4.78 is 16.2. The zero-order valence-corrected chi connectivity index (χ0v) is 18.6. The van der Waals surface area contributed by atoms with Crippen LogP contribution in [0.4, 0.5) is 0 Å². The van der Waals surface area contributed by atoms with Gasteiger partial charge < -0.3 is 29.8 Å². The monoisotopic (exact) mass is 502 g/mol. The molecule has 0 fully saturated rings. The van der Waals surface area contributed by atoms with Crippen molar-refractivity contribution < 1.29 is 18.7 Å². The van der Waals surface area contributed by atoms with E-state index in [2.05, 4.69) is 20.9 Å². The smallest absolute Gasteiger partial charge is 0.239 e. The summed E-state index contributed by atoms with van der Waals surface area (Å²) in [7, 11) is 3.26. The number of carbonyl (C=O) groups is 1. The number of nitrogens with one attached hydrogen (secondary N) is 3. The first-order valence-electron chi connectivity index (χ1n) is 8.65. The van der Waals surface area contributed by atoms with Gasteiger partial charge in [0.15, 0.2) is 5.96 Å². The molecular formula is C19H27IN4O4. The van der Waals surface area contributed by atoms with E-state index in [-0.39, 0.29) is 42.5 Å². The van der Waals surface area contributed by atoms with Crippen LogP contribution in [-0.2, 0) is 11.3 Å². The first-order valence-corrected chi connectivity index (χ1v) is 8.65. The van der Waals surface area contributed by atoms with E-state index >= 15 is 0 Å². The molecule has 0 saturated carbocycles. The van der Waals surface area contributed by atoms with Crippen LogP contribution in [-0.4, -0.2) is 45.2 Å². The minimum atomic E-state index is -0.157. The Hall–Kier alpha value is -2.43. The van der Waals surface area contributed by atoms with Gasteiger partial charge in [0, 0.05) is 13.1 Å². The van der Waals surface area contributed by atoms with Crippen molar-refractivity contribution in [3.05, 3.63) is 48.4 Å². The first-order chi connectivity index (χ1) is 13.1. The summed E-state index contributed by atoms with van der Waals surface area (Å²) in [6, 6.07) is 11.0. The van der Waals surface area contributed by atoms with E-state index in [1.165, 1.54) is 0 Å². The number of methoxy groups -OCH3 is 1. The highest BCUT2D eigenvalue weighted by atomic mass is 127. The molecular weight excluding hydrogens is 475 g/mol. The molecule has 2 rings (SSSR count). The number of amides is 1. The second kappa shape index (κ2) is 12.9. The lowest BCUT2D eigenvalue weighted by atomic mass is 10.3. The topological polar surface area (TPSA) is 97.1 Å². The van der Waals surface area contributed by atoms with Crippen molar-refractivity contribution >= 4 is 35.8 Å².